The van der Waals surface area contributed by atoms with Crippen molar-refractivity contribution in [3.63, 3.8) is 0 Å². The third-order valence-electron chi connectivity index (χ3n) is 6.72. The van der Waals surface area contributed by atoms with Crippen LogP contribution in [0.25, 0.3) is 0 Å². The quantitative estimate of drug-likeness (QED) is 0.170. The van der Waals surface area contributed by atoms with E-state index in [4.69, 9.17) is 52.1 Å². The van der Waals surface area contributed by atoms with Gasteiger partial charge in [-0.25, -0.2) is 9.59 Å². The van der Waals surface area contributed by atoms with Crippen molar-refractivity contribution in [3.8, 4) is 0 Å². The molecular formula is C32H45NO20. The van der Waals surface area contributed by atoms with Crippen molar-refractivity contribution < 1.29 is 95.3 Å². The number of hydrogen-bond acceptors (Lipinski definition) is 20. The molecule has 1 unspecified atom stereocenters. The summed E-state index contributed by atoms with van der Waals surface area (Å²) < 4.78 is 57.8. The van der Waals surface area contributed by atoms with Crippen molar-refractivity contribution in [2.24, 2.45) is 0 Å². The molecule has 2 aliphatic heterocycles. The number of nitrogens with one attached hydrogen (secondary N) is 1. The predicted molar refractivity (Wildman–Crippen MR) is 167 cm³/mol. The van der Waals surface area contributed by atoms with Crippen molar-refractivity contribution in [2.75, 3.05) is 13.2 Å². The first-order valence-corrected chi connectivity index (χ1v) is 16.2. The number of carbonyl (C=O) groups is 9. The normalized spacial score (nSPS) is 25.5. The van der Waals surface area contributed by atoms with Gasteiger partial charge in [0, 0.05) is 48.0 Å². The molecule has 2 fully saturated rings. The average Bonchev–Trinajstić information content (AvgIpc) is 3.45. The first kappa shape index (κ1) is 44.1. The molecule has 298 valence electrons. The molecule has 0 spiro atoms. The van der Waals surface area contributed by atoms with Gasteiger partial charge in [-0.15, -0.1) is 0 Å². The topological polar surface area (TPSA) is 267 Å². The Bertz CT molecular complexity index is 1390. The molecule has 0 aliphatic carbocycles. The first-order valence-electron chi connectivity index (χ1n) is 16.2. The number of ether oxygens (including phenoxy) is 11. The lowest BCUT2D eigenvalue weighted by Crippen LogP contribution is -2.46. The molecule has 9 atom stereocenters. The van der Waals surface area contributed by atoms with E-state index >= 15 is 0 Å². The van der Waals surface area contributed by atoms with Gasteiger partial charge in [-0.05, 0) is 27.2 Å². The smallest absolute Gasteiger partial charge is 0.408 e. The Kier molecular flexibility index (Phi) is 16.4. The molecule has 0 radical (unpaired) electrons. The maximum Gasteiger partial charge on any atom is 0.408 e. The highest BCUT2D eigenvalue weighted by molar-refractivity contribution is 5.82. The van der Waals surface area contributed by atoms with Crippen molar-refractivity contribution in [2.45, 2.75) is 136 Å². The SMILES string of the molecule is CC(=O)O[C@@H]1O[C@H](COC(=O)CCC(NC(=O)OC(C)(C)C)C(=O)OC[C@H]2O[C@@H](OC(C)=O)[C@H](OC(C)=O)[C@@H]2OC(C)=O)[C@@H](OC(C)=O)[C@H]1OC(C)=O. The van der Waals surface area contributed by atoms with Crippen LogP contribution in [0.15, 0.2) is 0 Å². The molecule has 0 aromatic heterocycles. The molecule has 0 bridgehead atoms. The molecule has 2 heterocycles. The van der Waals surface area contributed by atoms with Gasteiger partial charge in [-0.2, -0.15) is 0 Å². The highest BCUT2D eigenvalue weighted by Gasteiger charge is 2.53. The van der Waals surface area contributed by atoms with Crippen molar-refractivity contribution >= 4 is 53.8 Å². The fraction of sp³-hybridized carbons (Fsp3) is 0.719. The van der Waals surface area contributed by atoms with Crippen LogP contribution in [0.3, 0.4) is 0 Å². The number of rotatable bonds is 15. The fourth-order valence-electron chi connectivity index (χ4n) is 4.94. The zero-order chi connectivity index (χ0) is 40.2. The van der Waals surface area contributed by atoms with Crippen molar-refractivity contribution in [1.29, 1.82) is 0 Å². The van der Waals surface area contributed by atoms with E-state index in [1.54, 1.807) is 20.8 Å². The predicted octanol–water partition coefficient (Wildman–Crippen LogP) is 0.0491. The van der Waals surface area contributed by atoms with E-state index in [9.17, 15) is 43.2 Å². The molecule has 0 saturated carbocycles. The van der Waals surface area contributed by atoms with Crippen LogP contribution in [0.5, 0.6) is 0 Å². The monoisotopic (exact) mass is 763 g/mol. The highest BCUT2D eigenvalue weighted by atomic mass is 16.8. The van der Waals surface area contributed by atoms with Gasteiger partial charge in [0.05, 0.1) is 0 Å². The van der Waals surface area contributed by atoms with E-state index in [-0.39, 0.29) is 0 Å². The number of carbonyl (C=O) groups excluding carboxylic acids is 9. The second-order valence-corrected chi connectivity index (χ2v) is 12.7. The first-order chi connectivity index (χ1) is 24.6. The van der Waals surface area contributed by atoms with Crippen LogP contribution in [0, 0.1) is 0 Å². The molecule has 21 nitrogen and oxygen atoms in total. The number of amides is 1. The van der Waals surface area contributed by atoms with Gasteiger partial charge >= 0.3 is 53.8 Å². The summed E-state index contributed by atoms with van der Waals surface area (Å²) in [6.45, 7) is 9.78. The minimum atomic E-state index is -1.54. The number of hydrogen-bond donors (Lipinski definition) is 1. The number of alkyl carbamates (subject to hydrolysis) is 1. The minimum absolute atomic E-state index is 0.424. The summed E-state index contributed by atoms with van der Waals surface area (Å²) in [4.78, 5) is 109. The largest absolute Gasteiger partial charge is 0.463 e. The van der Waals surface area contributed by atoms with Gasteiger partial charge in [0.25, 0.3) is 0 Å². The average molecular weight is 764 g/mol. The van der Waals surface area contributed by atoms with E-state index < -0.39 is 141 Å². The second kappa shape index (κ2) is 19.7. The summed E-state index contributed by atoms with van der Waals surface area (Å²) >= 11 is 0. The second-order valence-electron chi connectivity index (χ2n) is 12.7. The molecule has 0 aromatic rings. The van der Waals surface area contributed by atoms with E-state index in [0.29, 0.717) is 0 Å². The zero-order valence-electron chi connectivity index (χ0n) is 30.7. The summed E-state index contributed by atoms with van der Waals surface area (Å²) in [6, 6.07) is -1.54. The molecule has 1 amide bonds. The van der Waals surface area contributed by atoms with E-state index in [1.165, 1.54) is 0 Å². The van der Waals surface area contributed by atoms with Crippen molar-refractivity contribution in [3.05, 3.63) is 0 Å². The van der Waals surface area contributed by atoms with Crippen LogP contribution in [0.4, 0.5) is 4.79 Å². The van der Waals surface area contributed by atoms with Gasteiger partial charge in [0.1, 0.15) is 37.1 Å². The molecule has 1 N–H and O–H groups in total. The van der Waals surface area contributed by atoms with Crippen LogP contribution in [-0.2, 0) is 90.5 Å². The summed E-state index contributed by atoms with van der Waals surface area (Å²) in [5, 5.41) is 2.30. The Balaban J connectivity index is 2.18. The van der Waals surface area contributed by atoms with Crippen LogP contribution in [0.2, 0.25) is 0 Å². The van der Waals surface area contributed by atoms with Gasteiger partial charge in [0.2, 0.25) is 24.8 Å². The molecule has 0 aromatic carbocycles. The maximum absolute atomic E-state index is 13.3. The van der Waals surface area contributed by atoms with E-state index in [1.807, 2.05) is 0 Å². The highest BCUT2D eigenvalue weighted by Crippen LogP contribution is 2.30. The summed E-state index contributed by atoms with van der Waals surface area (Å²) in [5.74, 6) is -6.96. The third kappa shape index (κ3) is 15.2. The van der Waals surface area contributed by atoms with Crippen LogP contribution < -0.4 is 5.32 Å². The third-order valence-corrected chi connectivity index (χ3v) is 6.72. The fourth-order valence-corrected chi connectivity index (χ4v) is 4.94. The Hall–Kier alpha value is -5.05. The van der Waals surface area contributed by atoms with Crippen LogP contribution in [-0.4, -0.2) is 128 Å². The van der Waals surface area contributed by atoms with Gasteiger partial charge in [-0.3, -0.25) is 33.6 Å². The molecule has 21 heteroatoms. The standard InChI is InChI=1S/C32H45NO20/c1-14(34)45-24-21(51-29(49-18(5)38)26(24)47-16(3)36)12-43-23(40)11-10-20(33-31(42)53-32(7,8)9)28(41)44-13-22-25(46-15(2)35)27(48-17(4)37)30(52-22)50-19(6)39/h20-22,24-27,29-30H,10-13H2,1-9H3,(H,33,42)/t20?,21-,22-,24-,25-,26-,27-,29-,30-/m1/s1. The molecule has 2 rings (SSSR count). The Morgan fingerprint density at radius 3 is 1.32 bits per heavy atom. The molecule has 2 aliphatic rings. The van der Waals surface area contributed by atoms with Crippen molar-refractivity contribution in [1.82, 2.24) is 5.32 Å². The molecule has 2 saturated heterocycles. The number of esters is 8. The summed E-state index contributed by atoms with van der Waals surface area (Å²) in [7, 11) is 0. The Labute approximate surface area is 303 Å². The molecule has 53 heavy (non-hydrogen) atoms. The van der Waals surface area contributed by atoms with Gasteiger partial charge in [0.15, 0.2) is 12.2 Å². The zero-order valence-corrected chi connectivity index (χ0v) is 30.7. The van der Waals surface area contributed by atoms with E-state index in [2.05, 4.69) is 5.32 Å². The summed E-state index contributed by atoms with van der Waals surface area (Å²) in [5.41, 5.74) is -0.989. The van der Waals surface area contributed by atoms with Gasteiger partial charge < -0.3 is 57.4 Å². The lowest BCUT2D eigenvalue weighted by Gasteiger charge is -2.24. The maximum atomic E-state index is 13.3. The lowest BCUT2D eigenvalue weighted by atomic mass is 10.1. The van der Waals surface area contributed by atoms with Crippen LogP contribution in [0.1, 0.15) is 75.2 Å². The van der Waals surface area contributed by atoms with Gasteiger partial charge in [-0.1, -0.05) is 0 Å². The lowest BCUT2D eigenvalue weighted by molar-refractivity contribution is -0.197. The van der Waals surface area contributed by atoms with Crippen LogP contribution >= 0.6 is 0 Å². The Morgan fingerprint density at radius 1 is 0.566 bits per heavy atom. The Morgan fingerprint density at radius 2 is 0.943 bits per heavy atom. The summed E-state index contributed by atoms with van der Waals surface area (Å²) in [6.07, 6.45) is -13.2. The molecular weight excluding hydrogens is 718 g/mol. The minimum Gasteiger partial charge on any atom is -0.463 e. The van der Waals surface area contributed by atoms with E-state index in [0.717, 1.165) is 41.5 Å².